The van der Waals surface area contributed by atoms with E-state index in [9.17, 15) is 10.2 Å². The standard InChI is InChI=1S/2C12H13Cl2N3O.C6H3Cl2N3.C6H10O.FH/c1-7(2)11-10(6-18)17(16-15-11)12-8(13)4-3-5-9(12)14;1-7(2)11-10(6-18)15-16-17(11)12-8(13)4-3-5-9(12)14;7-4-2-1-3-5(8)6(4)10-11-9;1-6(2)4-3-5-7;/h2*3-5,7,18H,6H2,1-2H3;1-3H;6-7H,5H2,1-2H3;1H. The van der Waals surface area contributed by atoms with E-state index in [1.54, 1.807) is 59.3 Å². The van der Waals surface area contributed by atoms with Crippen LogP contribution < -0.4 is 0 Å². The Morgan fingerprint density at radius 3 is 1.51 bits per heavy atom. The summed E-state index contributed by atoms with van der Waals surface area (Å²) in [7, 11) is 0. The lowest BCUT2D eigenvalue weighted by atomic mass is 10.1. The highest BCUT2D eigenvalue weighted by Crippen LogP contribution is 2.33. The average Bonchev–Trinajstić information content (AvgIpc) is 3.75. The molecule has 0 saturated carbocycles. The van der Waals surface area contributed by atoms with Crippen molar-refractivity contribution in [3.05, 3.63) is 118 Å². The number of benzene rings is 3. The predicted molar refractivity (Wildman–Crippen MR) is 220 cm³/mol. The van der Waals surface area contributed by atoms with Crippen molar-refractivity contribution in [2.24, 2.45) is 11.0 Å². The zero-order valence-electron chi connectivity index (χ0n) is 30.6. The monoisotopic (exact) mass is 875 g/mol. The van der Waals surface area contributed by atoms with E-state index in [0.29, 0.717) is 58.8 Å². The van der Waals surface area contributed by atoms with Crippen LogP contribution in [0.25, 0.3) is 21.8 Å². The third-order valence-corrected chi connectivity index (χ3v) is 8.65. The molecule has 0 spiro atoms. The first-order chi connectivity index (χ1) is 25.6. The number of azide groups is 1. The molecule has 0 bridgehead atoms. The van der Waals surface area contributed by atoms with Crippen molar-refractivity contribution < 1.29 is 20.0 Å². The molecule has 0 aliphatic heterocycles. The van der Waals surface area contributed by atoms with Gasteiger partial charge in [0.05, 0.1) is 66.1 Å². The molecular formula is C36H40Cl6FN9O3. The molecule has 0 aliphatic rings. The summed E-state index contributed by atoms with van der Waals surface area (Å²) >= 11 is 35.9. The van der Waals surface area contributed by atoms with Gasteiger partial charge < -0.3 is 15.3 Å². The van der Waals surface area contributed by atoms with Crippen LogP contribution in [-0.2, 0) is 13.2 Å². The molecule has 0 amide bonds. The third kappa shape index (κ3) is 14.1. The van der Waals surface area contributed by atoms with Crippen LogP contribution in [-0.4, -0.2) is 51.9 Å². The van der Waals surface area contributed by atoms with Crippen molar-refractivity contribution >= 4 is 75.3 Å². The van der Waals surface area contributed by atoms with E-state index in [4.69, 9.17) is 80.2 Å². The maximum absolute atomic E-state index is 9.49. The Morgan fingerprint density at radius 2 is 1.15 bits per heavy atom. The zero-order valence-corrected chi connectivity index (χ0v) is 35.1. The van der Waals surface area contributed by atoms with Gasteiger partial charge in [-0.05, 0) is 53.8 Å². The van der Waals surface area contributed by atoms with Crippen molar-refractivity contribution in [2.75, 3.05) is 6.61 Å². The summed E-state index contributed by atoms with van der Waals surface area (Å²) in [6.45, 7) is 11.6. The first-order valence-electron chi connectivity index (χ1n) is 16.2. The quantitative estimate of drug-likeness (QED) is 0.0632. The number of para-hydroxylation sites is 2. The van der Waals surface area contributed by atoms with E-state index < -0.39 is 0 Å². The fourth-order valence-electron chi connectivity index (χ4n) is 4.53. The Hall–Kier alpha value is -3.64. The molecule has 0 fully saturated rings. The zero-order chi connectivity index (χ0) is 40.5. The van der Waals surface area contributed by atoms with Crippen molar-refractivity contribution in [3.63, 3.8) is 0 Å². The minimum Gasteiger partial charge on any atom is -0.390 e. The average molecular weight is 878 g/mol. The number of hydrogen-bond donors (Lipinski definition) is 3. The maximum atomic E-state index is 9.49. The van der Waals surface area contributed by atoms with E-state index >= 15 is 0 Å². The minimum absolute atomic E-state index is 0. The summed E-state index contributed by atoms with van der Waals surface area (Å²) in [5, 5.41) is 49.0. The molecule has 12 nitrogen and oxygen atoms in total. The predicted octanol–water partition coefficient (Wildman–Crippen LogP) is 11.1. The van der Waals surface area contributed by atoms with E-state index in [2.05, 4.69) is 42.5 Å². The van der Waals surface area contributed by atoms with Crippen LogP contribution >= 0.6 is 69.6 Å². The summed E-state index contributed by atoms with van der Waals surface area (Å²) in [6.07, 6.45) is 0. The van der Waals surface area contributed by atoms with Gasteiger partial charge in [0, 0.05) is 10.8 Å². The van der Waals surface area contributed by atoms with Crippen LogP contribution in [0.1, 0.15) is 76.2 Å². The molecule has 2 aromatic heterocycles. The lowest BCUT2D eigenvalue weighted by Gasteiger charge is -2.12. The van der Waals surface area contributed by atoms with Gasteiger partial charge in [0.1, 0.15) is 23.7 Å². The summed E-state index contributed by atoms with van der Waals surface area (Å²) in [4.78, 5) is 2.58. The van der Waals surface area contributed by atoms with Crippen LogP contribution in [0.3, 0.4) is 0 Å². The normalized spacial score (nSPS) is 10.1. The molecule has 0 aliphatic carbocycles. The van der Waals surface area contributed by atoms with Gasteiger partial charge in [-0.25, -0.2) is 9.36 Å². The Kier molecular flexibility index (Phi) is 22.3. The molecule has 5 aromatic rings. The molecule has 55 heavy (non-hydrogen) atoms. The third-order valence-electron chi connectivity index (χ3n) is 6.82. The Morgan fingerprint density at radius 1 is 0.691 bits per heavy atom. The molecule has 3 aromatic carbocycles. The van der Waals surface area contributed by atoms with Crippen molar-refractivity contribution in [2.45, 2.75) is 66.6 Å². The smallest absolute Gasteiger partial charge is 0.112 e. The van der Waals surface area contributed by atoms with Gasteiger partial charge in [0.2, 0.25) is 0 Å². The molecular weight excluding hydrogens is 838 g/mol. The number of rotatable bonds is 7. The van der Waals surface area contributed by atoms with E-state index in [-0.39, 0.29) is 42.0 Å². The fraction of sp³-hybridized carbons (Fsp3) is 0.333. The van der Waals surface area contributed by atoms with Gasteiger partial charge in [-0.3, -0.25) is 4.70 Å². The SMILES string of the molecule is CC(C)C#CCO.CC(C)c1c(CO)nnn1-c1c(Cl)cccc1Cl.CC(C)c1nnn(-c2c(Cl)cccc2Cl)c1CO.F.[N-]=[N+]=Nc1c(Cl)cccc1Cl. The molecule has 0 unspecified atom stereocenters. The Bertz CT molecular complexity index is 2030. The summed E-state index contributed by atoms with van der Waals surface area (Å²) < 4.78 is 3.10. The summed E-state index contributed by atoms with van der Waals surface area (Å²) in [5.41, 5.74) is 12.2. The van der Waals surface area contributed by atoms with Crippen molar-refractivity contribution in [1.82, 2.24) is 30.0 Å². The highest BCUT2D eigenvalue weighted by Gasteiger charge is 2.21. The Balaban J connectivity index is 0.000000386. The van der Waals surface area contributed by atoms with Gasteiger partial charge in [-0.15, -0.1) is 10.2 Å². The topological polar surface area (TPSA) is 171 Å². The lowest BCUT2D eigenvalue weighted by molar-refractivity contribution is 0.271. The summed E-state index contributed by atoms with van der Waals surface area (Å²) in [6, 6.07) is 15.4. The number of nitrogens with zero attached hydrogens (tertiary/aromatic N) is 9. The van der Waals surface area contributed by atoms with Crippen molar-refractivity contribution in [1.29, 1.82) is 0 Å². The van der Waals surface area contributed by atoms with Crippen LogP contribution in [0.5, 0.6) is 0 Å². The molecule has 2 heterocycles. The molecule has 5 rings (SSSR count). The Labute approximate surface area is 348 Å². The lowest BCUT2D eigenvalue weighted by Crippen LogP contribution is -2.06. The minimum atomic E-state index is -0.165. The molecule has 0 atom stereocenters. The number of aliphatic hydroxyl groups is 3. The highest BCUT2D eigenvalue weighted by molar-refractivity contribution is 6.39. The molecule has 19 heteroatoms. The van der Waals surface area contributed by atoms with Gasteiger partial charge in [0.25, 0.3) is 0 Å². The first-order valence-corrected chi connectivity index (χ1v) is 18.5. The fourth-order valence-corrected chi connectivity index (χ4v) is 6.12. The van der Waals surface area contributed by atoms with Crippen LogP contribution in [0.2, 0.25) is 30.1 Å². The number of aliphatic hydroxyl groups excluding tert-OH is 3. The van der Waals surface area contributed by atoms with Crippen molar-refractivity contribution in [3.8, 4) is 23.2 Å². The molecule has 0 radical (unpaired) electrons. The second-order valence-electron chi connectivity index (χ2n) is 11.8. The summed E-state index contributed by atoms with van der Waals surface area (Å²) in [5.74, 6) is 6.05. The molecule has 0 saturated heterocycles. The second kappa shape index (κ2) is 24.8. The van der Waals surface area contributed by atoms with Gasteiger partial charge >= 0.3 is 0 Å². The number of halogens is 7. The first kappa shape index (κ1) is 49.4. The maximum Gasteiger partial charge on any atom is 0.112 e. The van der Waals surface area contributed by atoms with Gasteiger partial charge in [0.15, 0.2) is 0 Å². The second-order valence-corrected chi connectivity index (χ2v) is 14.3. The highest BCUT2D eigenvalue weighted by atomic mass is 35.5. The number of hydrogen-bond acceptors (Lipinski definition) is 8. The largest absolute Gasteiger partial charge is 0.390 e. The van der Waals surface area contributed by atoms with Crippen LogP contribution in [0, 0.1) is 17.8 Å². The van der Waals surface area contributed by atoms with Crippen LogP contribution in [0.15, 0.2) is 59.7 Å². The van der Waals surface area contributed by atoms with E-state index in [1.807, 2.05) is 41.5 Å². The van der Waals surface area contributed by atoms with E-state index in [0.717, 1.165) is 11.4 Å². The van der Waals surface area contributed by atoms with Gasteiger partial charge in [-0.2, -0.15) is 0 Å². The van der Waals surface area contributed by atoms with Gasteiger partial charge in [-0.1, -0.05) is 157 Å². The molecule has 3 N–H and O–H groups in total. The van der Waals surface area contributed by atoms with Crippen LogP contribution in [0.4, 0.5) is 10.4 Å². The molecule has 296 valence electrons. The number of aromatic nitrogens is 6. The van der Waals surface area contributed by atoms with E-state index in [1.165, 1.54) is 4.68 Å².